The molecule has 1 fully saturated rings. The van der Waals surface area contributed by atoms with Crippen LogP contribution >= 0.6 is 11.6 Å². The summed E-state index contributed by atoms with van der Waals surface area (Å²) in [6, 6.07) is 0.678. The summed E-state index contributed by atoms with van der Waals surface area (Å²) in [5, 5.41) is 3.51. The number of hydrogen-bond donors (Lipinski definition) is 1. The molecule has 1 N–H and O–H groups in total. The first kappa shape index (κ1) is 12.0. The normalized spacial score (nSPS) is 25.4. The highest BCUT2D eigenvalue weighted by molar-refractivity contribution is 6.25. The van der Waals surface area contributed by atoms with E-state index in [1.807, 2.05) is 0 Å². The van der Waals surface area contributed by atoms with Gasteiger partial charge in [-0.05, 0) is 38.4 Å². The van der Waals surface area contributed by atoms with Crippen molar-refractivity contribution in [2.24, 2.45) is 0 Å². The van der Waals surface area contributed by atoms with E-state index in [0.717, 1.165) is 19.6 Å². The smallest absolute Gasteiger partial charge is 0.0202 e. The van der Waals surface area contributed by atoms with Crippen LogP contribution in [0.3, 0.4) is 0 Å². The van der Waals surface area contributed by atoms with Crippen LogP contribution in [-0.4, -0.2) is 37.1 Å². The lowest BCUT2D eigenvalue weighted by Crippen LogP contribution is -2.45. The van der Waals surface area contributed by atoms with Crippen LogP contribution in [0.5, 0.6) is 0 Å². The summed E-state index contributed by atoms with van der Waals surface area (Å²) in [7, 11) is 0. The van der Waals surface area contributed by atoms with Crippen molar-refractivity contribution in [3.8, 4) is 0 Å². The Morgan fingerprint density at radius 2 is 2.43 bits per heavy atom. The van der Waals surface area contributed by atoms with Crippen molar-refractivity contribution in [2.45, 2.75) is 32.7 Å². The molecule has 0 saturated carbocycles. The van der Waals surface area contributed by atoms with Gasteiger partial charge in [0.05, 0.1) is 0 Å². The average Bonchev–Trinajstić information content (AvgIpc) is 2.19. The Labute approximate surface area is 92.3 Å². The maximum absolute atomic E-state index is 5.66. The van der Waals surface area contributed by atoms with Gasteiger partial charge in [-0.15, -0.1) is 0 Å². The number of nitrogens with zero attached hydrogens (tertiary/aromatic N) is 1. The minimum absolute atomic E-state index is 0.678. The molecule has 0 aliphatic carbocycles. The van der Waals surface area contributed by atoms with Gasteiger partial charge in [0.25, 0.3) is 0 Å². The van der Waals surface area contributed by atoms with Crippen molar-refractivity contribution >= 4 is 11.6 Å². The highest BCUT2D eigenvalue weighted by Crippen LogP contribution is 2.11. The summed E-state index contributed by atoms with van der Waals surface area (Å²) in [5.74, 6) is 0. The summed E-state index contributed by atoms with van der Waals surface area (Å²) in [5.41, 5.74) is 2.94. The Kier molecular flexibility index (Phi) is 5.53. The summed E-state index contributed by atoms with van der Waals surface area (Å²) in [6.45, 7) is 8.72. The number of piperidine rings is 1. The predicted molar refractivity (Wildman–Crippen MR) is 62.7 cm³/mol. The lowest BCUT2D eigenvalue weighted by atomic mass is 10.1. The summed E-state index contributed by atoms with van der Waals surface area (Å²) >= 11 is 5.66. The molecule has 1 rings (SSSR count). The first-order valence-corrected chi connectivity index (χ1v) is 5.91. The molecule has 1 atom stereocenters. The van der Waals surface area contributed by atoms with Crippen molar-refractivity contribution < 1.29 is 0 Å². The summed E-state index contributed by atoms with van der Waals surface area (Å²) in [4.78, 5) is 2.48. The fraction of sp³-hybridized carbons (Fsp3) is 0.818. The number of likely N-dealkylation sites (tertiary alicyclic amines) is 1. The molecule has 1 saturated heterocycles. The maximum atomic E-state index is 5.66. The van der Waals surface area contributed by atoms with Crippen LogP contribution in [0.15, 0.2) is 11.1 Å². The second-order valence-electron chi connectivity index (χ2n) is 4.09. The van der Waals surface area contributed by atoms with Crippen molar-refractivity contribution in [1.29, 1.82) is 0 Å². The molecule has 3 heteroatoms. The van der Waals surface area contributed by atoms with Gasteiger partial charge < -0.3 is 5.32 Å². The molecule has 0 aromatic heterocycles. The zero-order chi connectivity index (χ0) is 10.4. The molecular weight excluding hydrogens is 196 g/mol. The molecule has 0 radical (unpaired) electrons. The molecule has 1 heterocycles. The molecule has 0 aromatic carbocycles. The highest BCUT2D eigenvalue weighted by atomic mass is 35.5. The Morgan fingerprint density at radius 1 is 1.64 bits per heavy atom. The molecule has 1 aliphatic heterocycles. The maximum Gasteiger partial charge on any atom is 0.0202 e. The fourth-order valence-electron chi connectivity index (χ4n) is 2.04. The van der Waals surface area contributed by atoms with Crippen LogP contribution in [0.4, 0.5) is 0 Å². The van der Waals surface area contributed by atoms with E-state index in [1.165, 1.54) is 25.0 Å². The SMILES string of the molecule is CCNC1CCCN(CC(C)=CCl)C1. The van der Waals surface area contributed by atoms with Crippen LogP contribution in [0.2, 0.25) is 0 Å². The first-order valence-electron chi connectivity index (χ1n) is 5.47. The van der Waals surface area contributed by atoms with Gasteiger partial charge in [-0.3, -0.25) is 4.90 Å². The van der Waals surface area contributed by atoms with Gasteiger partial charge in [-0.1, -0.05) is 18.5 Å². The second-order valence-corrected chi connectivity index (χ2v) is 4.31. The lowest BCUT2D eigenvalue weighted by molar-refractivity contribution is 0.206. The van der Waals surface area contributed by atoms with Gasteiger partial charge in [0, 0.05) is 24.7 Å². The van der Waals surface area contributed by atoms with Crippen molar-refractivity contribution in [3.05, 3.63) is 11.1 Å². The van der Waals surface area contributed by atoms with Gasteiger partial charge in [-0.2, -0.15) is 0 Å². The molecule has 14 heavy (non-hydrogen) atoms. The Bertz CT molecular complexity index is 190. The summed E-state index contributed by atoms with van der Waals surface area (Å²) < 4.78 is 0. The molecule has 0 aromatic rings. The van der Waals surface area contributed by atoms with Crippen molar-refractivity contribution in [1.82, 2.24) is 10.2 Å². The zero-order valence-electron chi connectivity index (χ0n) is 9.22. The minimum atomic E-state index is 0.678. The fourth-order valence-corrected chi connectivity index (χ4v) is 2.11. The van der Waals surface area contributed by atoms with Gasteiger partial charge in [0.15, 0.2) is 0 Å². The highest BCUT2D eigenvalue weighted by Gasteiger charge is 2.18. The van der Waals surface area contributed by atoms with E-state index in [0.29, 0.717) is 6.04 Å². The molecule has 82 valence electrons. The third-order valence-corrected chi connectivity index (χ3v) is 3.03. The number of halogens is 1. The van der Waals surface area contributed by atoms with Crippen LogP contribution in [-0.2, 0) is 0 Å². The van der Waals surface area contributed by atoms with E-state index in [4.69, 9.17) is 11.6 Å². The van der Waals surface area contributed by atoms with E-state index in [2.05, 4.69) is 24.1 Å². The standard InChI is InChI=1S/C11H21ClN2/c1-3-13-11-5-4-6-14(9-11)8-10(2)7-12/h7,11,13H,3-6,8-9H2,1-2H3. The molecule has 1 aliphatic rings. The largest absolute Gasteiger partial charge is 0.313 e. The van der Waals surface area contributed by atoms with E-state index in [-0.39, 0.29) is 0 Å². The number of rotatable bonds is 4. The Morgan fingerprint density at radius 3 is 3.07 bits per heavy atom. The topological polar surface area (TPSA) is 15.3 Å². The van der Waals surface area contributed by atoms with Gasteiger partial charge in [0.1, 0.15) is 0 Å². The molecule has 0 amide bonds. The molecular formula is C11H21ClN2. The third-order valence-electron chi connectivity index (χ3n) is 2.66. The first-order chi connectivity index (χ1) is 6.76. The number of hydrogen-bond acceptors (Lipinski definition) is 2. The Hall–Kier alpha value is -0.0500. The van der Waals surface area contributed by atoms with E-state index in [1.54, 1.807) is 5.54 Å². The molecule has 1 unspecified atom stereocenters. The number of likely N-dealkylation sites (N-methyl/N-ethyl adjacent to an activating group) is 1. The predicted octanol–water partition coefficient (Wildman–Crippen LogP) is 2.20. The quantitative estimate of drug-likeness (QED) is 0.775. The molecule has 0 bridgehead atoms. The molecule has 2 nitrogen and oxygen atoms in total. The minimum Gasteiger partial charge on any atom is -0.313 e. The number of nitrogens with one attached hydrogen (secondary N) is 1. The monoisotopic (exact) mass is 216 g/mol. The molecule has 0 spiro atoms. The van der Waals surface area contributed by atoms with E-state index >= 15 is 0 Å². The van der Waals surface area contributed by atoms with Gasteiger partial charge >= 0.3 is 0 Å². The van der Waals surface area contributed by atoms with Crippen LogP contribution in [0, 0.1) is 0 Å². The summed E-state index contributed by atoms with van der Waals surface area (Å²) in [6.07, 6.45) is 2.61. The van der Waals surface area contributed by atoms with Crippen LogP contribution in [0.1, 0.15) is 26.7 Å². The van der Waals surface area contributed by atoms with Crippen LogP contribution in [0.25, 0.3) is 0 Å². The van der Waals surface area contributed by atoms with Crippen molar-refractivity contribution in [3.63, 3.8) is 0 Å². The van der Waals surface area contributed by atoms with Gasteiger partial charge in [0.2, 0.25) is 0 Å². The average molecular weight is 217 g/mol. The van der Waals surface area contributed by atoms with Gasteiger partial charge in [-0.25, -0.2) is 0 Å². The second kappa shape index (κ2) is 6.44. The Balaban J connectivity index is 2.32. The van der Waals surface area contributed by atoms with Crippen molar-refractivity contribution in [2.75, 3.05) is 26.2 Å². The lowest BCUT2D eigenvalue weighted by Gasteiger charge is -2.33. The van der Waals surface area contributed by atoms with E-state index < -0.39 is 0 Å². The zero-order valence-corrected chi connectivity index (χ0v) is 9.98. The third kappa shape index (κ3) is 3.99. The van der Waals surface area contributed by atoms with E-state index in [9.17, 15) is 0 Å². The van der Waals surface area contributed by atoms with Crippen LogP contribution < -0.4 is 5.32 Å².